The Balaban J connectivity index is 2.81. The standard InChI is InChI=1S/C14H20O/c1-11(2)14(10-15)9-12(3)13-7-5-4-6-8-13/h4-9,11-12,15H,10H2,1-3H3/b14-9+. The van der Waals surface area contributed by atoms with Crippen molar-refractivity contribution >= 4 is 0 Å². The zero-order valence-corrected chi connectivity index (χ0v) is 9.77. The third-order valence-corrected chi connectivity index (χ3v) is 2.71. The van der Waals surface area contributed by atoms with E-state index in [0.717, 1.165) is 5.57 Å². The van der Waals surface area contributed by atoms with Gasteiger partial charge in [0.1, 0.15) is 0 Å². The summed E-state index contributed by atoms with van der Waals surface area (Å²) in [6.45, 7) is 6.54. The number of hydrogen-bond acceptors (Lipinski definition) is 1. The van der Waals surface area contributed by atoms with E-state index in [9.17, 15) is 5.11 Å². The maximum Gasteiger partial charge on any atom is 0.0644 e. The first-order valence-corrected chi connectivity index (χ1v) is 5.51. The fourth-order valence-electron chi connectivity index (χ4n) is 1.60. The first kappa shape index (κ1) is 12.0. The lowest BCUT2D eigenvalue weighted by molar-refractivity contribution is 0.317. The van der Waals surface area contributed by atoms with E-state index in [1.165, 1.54) is 5.56 Å². The van der Waals surface area contributed by atoms with Crippen LogP contribution in [0, 0.1) is 5.92 Å². The molecule has 0 saturated heterocycles. The molecule has 0 bridgehead atoms. The topological polar surface area (TPSA) is 20.2 Å². The normalized spacial score (nSPS) is 14.3. The lowest BCUT2D eigenvalue weighted by Crippen LogP contribution is -2.02. The van der Waals surface area contributed by atoms with Gasteiger partial charge in [-0.25, -0.2) is 0 Å². The lowest BCUT2D eigenvalue weighted by Gasteiger charge is -2.12. The average Bonchev–Trinajstić information content (AvgIpc) is 2.26. The van der Waals surface area contributed by atoms with Gasteiger partial charge in [-0.3, -0.25) is 0 Å². The highest BCUT2D eigenvalue weighted by molar-refractivity contribution is 5.25. The summed E-state index contributed by atoms with van der Waals surface area (Å²) in [4.78, 5) is 0. The van der Waals surface area contributed by atoms with Gasteiger partial charge in [0.15, 0.2) is 0 Å². The monoisotopic (exact) mass is 204 g/mol. The maximum absolute atomic E-state index is 9.22. The van der Waals surface area contributed by atoms with Crippen molar-refractivity contribution in [1.29, 1.82) is 0 Å². The Morgan fingerprint density at radius 3 is 2.27 bits per heavy atom. The van der Waals surface area contributed by atoms with E-state index >= 15 is 0 Å². The molecule has 1 unspecified atom stereocenters. The SMILES string of the molecule is CC(C)/C(=C/C(C)c1ccccc1)CO. The Labute approximate surface area is 92.5 Å². The van der Waals surface area contributed by atoms with E-state index in [2.05, 4.69) is 39.0 Å². The summed E-state index contributed by atoms with van der Waals surface area (Å²) < 4.78 is 0. The smallest absolute Gasteiger partial charge is 0.0644 e. The Morgan fingerprint density at radius 1 is 1.20 bits per heavy atom. The summed E-state index contributed by atoms with van der Waals surface area (Å²) >= 11 is 0. The fraction of sp³-hybridized carbons (Fsp3) is 0.429. The highest BCUT2D eigenvalue weighted by atomic mass is 16.3. The van der Waals surface area contributed by atoms with Crippen LogP contribution < -0.4 is 0 Å². The number of aliphatic hydroxyl groups excluding tert-OH is 1. The van der Waals surface area contributed by atoms with E-state index in [4.69, 9.17) is 0 Å². The maximum atomic E-state index is 9.22. The van der Waals surface area contributed by atoms with E-state index < -0.39 is 0 Å². The van der Waals surface area contributed by atoms with Crippen LogP contribution in [0.25, 0.3) is 0 Å². The molecule has 82 valence electrons. The van der Waals surface area contributed by atoms with Gasteiger partial charge in [-0.15, -0.1) is 0 Å². The Bertz CT molecular complexity index is 311. The molecule has 0 spiro atoms. The van der Waals surface area contributed by atoms with Crippen molar-refractivity contribution in [3.8, 4) is 0 Å². The van der Waals surface area contributed by atoms with Crippen LogP contribution in [0.5, 0.6) is 0 Å². The third kappa shape index (κ3) is 3.52. The van der Waals surface area contributed by atoms with Crippen molar-refractivity contribution < 1.29 is 5.11 Å². The minimum Gasteiger partial charge on any atom is -0.392 e. The first-order chi connectivity index (χ1) is 7.15. The quantitative estimate of drug-likeness (QED) is 0.746. The van der Waals surface area contributed by atoms with Crippen molar-refractivity contribution in [2.75, 3.05) is 6.61 Å². The van der Waals surface area contributed by atoms with Crippen molar-refractivity contribution in [2.24, 2.45) is 5.92 Å². The van der Waals surface area contributed by atoms with Crippen LogP contribution in [-0.2, 0) is 0 Å². The second-order valence-electron chi connectivity index (χ2n) is 4.25. The van der Waals surface area contributed by atoms with Gasteiger partial charge in [0.2, 0.25) is 0 Å². The van der Waals surface area contributed by atoms with Gasteiger partial charge < -0.3 is 5.11 Å². The molecule has 1 aromatic carbocycles. The summed E-state index contributed by atoms with van der Waals surface area (Å²) in [5.74, 6) is 0.789. The van der Waals surface area contributed by atoms with Gasteiger partial charge in [-0.1, -0.05) is 57.2 Å². The van der Waals surface area contributed by atoms with Crippen molar-refractivity contribution in [3.63, 3.8) is 0 Å². The molecule has 0 aliphatic carbocycles. The van der Waals surface area contributed by atoms with Crippen molar-refractivity contribution in [1.82, 2.24) is 0 Å². The number of rotatable bonds is 4. The zero-order valence-electron chi connectivity index (χ0n) is 9.77. The summed E-state index contributed by atoms with van der Waals surface area (Å²) in [6.07, 6.45) is 2.17. The van der Waals surface area contributed by atoms with Gasteiger partial charge >= 0.3 is 0 Å². The van der Waals surface area contributed by atoms with Gasteiger partial charge in [0.05, 0.1) is 6.61 Å². The van der Waals surface area contributed by atoms with Crippen molar-refractivity contribution in [3.05, 3.63) is 47.5 Å². The third-order valence-electron chi connectivity index (χ3n) is 2.71. The van der Waals surface area contributed by atoms with E-state index in [0.29, 0.717) is 11.8 Å². The number of allylic oxidation sites excluding steroid dienone is 1. The lowest BCUT2D eigenvalue weighted by atomic mass is 9.94. The molecule has 1 nitrogen and oxygen atoms in total. The van der Waals surface area contributed by atoms with Crippen molar-refractivity contribution in [2.45, 2.75) is 26.7 Å². The minimum absolute atomic E-state index is 0.162. The predicted molar refractivity (Wildman–Crippen MR) is 64.9 cm³/mol. The van der Waals surface area contributed by atoms with Gasteiger partial charge in [-0.2, -0.15) is 0 Å². The molecule has 0 radical (unpaired) electrons. The number of hydrogen-bond donors (Lipinski definition) is 1. The largest absolute Gasteiger partial charge is 0.392 e. The predicted octanol–water partition coefficient (Wildman–Crippen LogP) is 3.36. The molecule has 0 aliphatic heterocycles. The molecule has 0 heterocycles. The number of aliphatic hydroxyl groups is 1. The summed E-state index contributed by atoms with van der Waals surface area (Å²) in [5.41, 5.74) is 2.41. The van der Waals surface area contributed by atoms with E-state index in [-0.39, 0.29) is 6.61 Å². The molecule has 1 rings (SSSR count). The van der Waals surface area contributed by atoms with Crippen LogP contribution in [0.1, 0.15) is 32.3 Å². The molecule has 1 aromatic rings. The van der Waals surface area contributed by atoms with Gasteiger partial charge in [-0.05, 0) is 23.0 Å². The molecule has 1 heteroatoms. The average molecular weight is 204 g/mol. The second-order valence-corrected chi connectivity index (χ2v) is 4.25. The molecule has 1 N–H and O–H groups in total. The molecule has 0 aliphatic rings. The summed E-state index contributed by atoms with van der Waals surface area (Å²) in [6, 6.07) is 10.4. The number of benzene rings is 1. The Hall–Kier alpha value is -1.08. The van der Waals surface area contributed by atoms with Crippen LogP contribution in [0.3, 0.4) is 0 Å². The minimum atomic E-state index is 0.162. The molecule has 0 saturated carbocycles. The second kappa shape index (κ2) is 5.72. The Morgan fingerprint density at radius 2 is 1.80 bits per heavy atom. The molecule has 15 heavy (non-hydrogen) atoms. The van der Waals surface area contributed by atoms with E-state index in [1.807, 2.05) is 18.2 Å². The van der Waals surface area contributed by atoms with E-state index in [1.54, 1.807) is 0 Å². The molecule has 0 aromatic heterocycles. The molecular weight excluding hydrogens is 184 g/mol. The fourth-order valence-corrected chi connectivity index (χ4v) is 1.60. The van der Waals surface area contributed by atoms with Gasteiger partial charge in [0, 0.05) is 0 Å². The summed E-state index contributed by atoms with van der Waals surface area (Å²) in [5, 5.41) is 9.22. The van der Waals surface area contributed by atoms with Crippen LogP contribution in [-0.4, -0.2) is 11.7 Å². The summed E-state index contributed by atoms with van der Waals surface area (Å²) in [7, 11) is 0. The first-order valence-electron chi connectivity index (χ1n) is 5.51. The highest BCUT2D eigenvalue weighted by Gasteiger charge is 2.06. The zero-order chi connectivity index (χ0) is 11.3. The highest BCUT2D eigenvalue weighted by Crippen LogP contribution is 2.20. The molecule has 0 fully saturated rings. The van der Waals surface area contributed by atoms with Gasteiger partial charge in [0.25, 0.3) is 0 Å². The molecule has 0 amide bonds. The molecular formula is C14H20O. The van der Waals surface area contributed by atoms with Crippen LogP contribution in [0.15, 0.2) is 42.0 Å². The van der Waals surface area contributed by atoms with Crippen LogP contribution in [0.4, 0.5) is 0 Å². The van der Waals surface area contributed by atoms with Crippen LogP contribution in [0.2, 0.25) is 0 Å². The molecule has 1 atom stereocenters. The Kier molecular flexibility index (Phi) is 4.57. The van der Waals surface area contributed by atoms with Crippen LogP contribution >= 0.6 is 0 Å².